The van der Waals surface area contributed by atoms with Gasteiger partial charge >= 0.3 is 0 Å². The molecule has 240 valence electrons. The van der Waals surface area contributed by atoms with E-state index in [0.29, 0.717) is 47.7 Å². The Kier molecular flexibility index (Phi) is 11.2. The summed E-state index contributed by atoms with van der Waals surface area (Å²) in [6, 6.07) is 23.8. The molecule has 4 aromatic carbocycles. The monoisotopic (exact) mass is 641 g/mol. The molecule has 0 fully saturated rings. The first-order chi connectivity index (χ1) is 22.6. The first-order valence-corrected chi connectivity index (χ1v) is 15.8. The second-order valence-electron chi connectivity index (χ2n) is 10.3. The second-order valence-corrected chi connectivity index (χ2v) is 11.3. The number of fused-ring (bicyclic) bond motifs is 1. The van der Waals surface area contributed by atoms with E-state index in [9.17, 15) is 0 Å². The minimum Gasteiger partial charge on any atom is -0.493 e. The molecule has 0 bridgehead atoms. The van der Waals surface area contributed by atoms with Gasteiger partial charge in [-0.2, -0.15) is 0 Å². The number of hydrogen-bond donors (Lipinski definition) is 0. The number of aromatic nitrogens is 1. The fourth-order valence-corrected chi connectivity index (χ4v) is 5.93. The third-order valence-electron chi connectivity index (χ3n) is 7.35. The summed E-state index contributed by atoms with van der Waals surface area (Å²) in [5.74, 6) is 4.57. The Balaban J connectivity index is 1.13. The van der Waals surface area contributed by atoms with E-state index in [1.807, 2.05) is 78.9 Å². The molecule has 0 aliphatic carbocycles. The number of ether oxygens (including phenoxy) is 7. The standard InChI is InChI=1S/C37H39NO7S/c1-39-29-17-15-25(13-14-26-22-33(41-3)36(43-5)34(23-26)42-4)21-31(29)44-19-9-6-10-20-45-32-24-27(16-18-30(32)40-2)37-38-28-11-7-8-12-35(28)46-37/h7-8,11-18,21-24H,6,9-10,19-20H2,1-5H3/b14-13-. The van der Waals surface area contributed by atoms with Crippen molar-refractivity contribution in [3.63, 3.8) is 0 Å². The maximum atomic E-state index is 6.15. The van der Waals surface area contributed by atoms with Gasteiger partial charge in [0.1, 0.15) is 5.01 Å². The van der Waals surface area contributed by atoms with Crippen LogP contribution in [-0.2, 0) is 0 Å². The lowest BCUT2D eigenvalue weighted by Crippen LogP contribution is -2.03. The van der Waals surface area contributed by atoms with Crippen LogP contribution < -0.4 is 33.2 Å². The zero-order valence-electron chi connectivity index (χ0n) is 26.8. The van der Waals surface area contributed by atoms with E-state index in [0.717, 1.165) is 56.9 Å². The SMILES string of the molecule is COc1ccc(/C=C\c2cc(OC)c(OC)c(OC)c2)cc1OCCCCCOc1cc(-c2nc3ccccc3s2)ccc1OC. The molecule has 5 aromatic rings. The van der Waals surface area contributed by atoms with Crippen molar-refractivity contribution in [3.05, 3.63) is 83.9 Å². The first-order valence-electron chi connectivity index (χ1n) is 15.0. The summed E-state index contributed by atoms with van der Waals surface area (Å²) < 4.78 is 40.9. The average Bonchev–Trinajstić information content (AvgIpc) is 3.54. The lowest BCUT2D eigenvalue weighted by molar-refractivity contribution is 0.264. The van der Waals surface area contributed by atoms with Gasteiger partial charge in [-0.25, -0.2) is 4.98 Å². The maximum absolute atomic E-state index is 6.15. The number of methoxy groups -OCH3 is 5. The minimum atomic E-state index is 0.559. The number of benzene rings is 4. The van der Waals surface area contributed by atoms with Crippen molar-refractivity contribution in [2.75, 3.05) is 48.8 Å². The first kappa shape index (κ1) is 32.5. The summed E-state index contributed by atoms with van der Waals surface area (Å²) >= 11 is 1.67. The summed E-state index contributed by atoms with van der Waals surface area (Å²) in [6.07, 6.45) is 6.70. The number of rotatable bonds is 16. The highest BCUT2D eigenvalue weighted by Crippen LogP contribution is 2.39. The zero-order chi connectivity index (χ0) is 32.3. The van der Waals surface area contributed by atoms with Crippen molar-refractivity contribution in [2.45, 2.75) is 19.3 Å². The molecular weight excluding hydrogens is 602 g/mol. The highest BCUT2D eigenvalue weighted by molar-refractivity contribution is 7.21. The van der Waals surface area contributed by atoms with E-state index in [4.69, 9.17) is 38.1 Å². The Hall–Kier alpha value is -4.89. The predicted octanol–water partition coefficient (Wildman–Crippen LogP) is 8.80. The molecule has 0 N–H and O–H groups in total. The van der Waals surface area contributed by atoms with Crippen LogP contribution >= 0.6 is 11.3 Å². The number of nitrogens with zero attached hydrogens (tertiary/aromatic N) is 1. The van der Waals surface area contributed by atoms with E-state index in [2.05, 4.69) is 6.07 Å². The third kappa shape index (κ3) is 7.84. The van der Waals surface area contributed by atoms with Crippen LogP contribution in [0.5, 0.6) is 40.2 Å². The number of thiazole rings is 1. The molecule has 5 rings (SSSR count). The van der Waals surface area contributed by atoms with Gasteiger partial charge in [0.05, 0.1) is 59.0 Å². The molecule has 1 heterocycles. The summed E-state index contributed by atoms with van der Waals surface area (Å²) in [5, 5.41) is 0.960. The van der Waals surface area contributed by atoms with Crippen molar-refractivity contribution in [2.24, 2.45) is 0 Å². The number of unbranched alkanes of at least 4 members (excludes halogenated alkanes) is 2. The fraction of sp³-hybridized carbons (Fsp3) is 0.270. The summed E-state index contributed by atoms with van der Waals surface area (Å²) in [5.41, 5.74) is 3.90. The molecule has 0 aliphatic heterocycles. The van der Waals surface area contributed by atoms with Gasteiger partial charge in [-0.3, -0.25) is 0 Å². The lowest BCUT2D eigenvalue weighted by Gasteiger charge is -2.13. The second kappa shape index (κ2) is 15.9. The molecule has 0 aliphatic rings. The third-order valence-corrected chi connectivity index (χ3v) is 8.44. The molecule has 46 heavy (non-hydrogen) atoms. The molecule has 1 aromatic heterocycles. The van der Waals surface area contributed by atoms with E-state index >= 15 is 0 Å². The normalized spacial score (nSPS) is 11.1. The molecule has 0 unspecified atom stereocenters. The van der Waals surface area contributed by atoms with Crippen molar-refractivity contribution < 1.29 is 33.2 Å². The number of para-hydroxylation sites is 1. The van der Waals surface area contributed by atoms with Crippen LogP contribution in [0, 0.1) is 0 Å². The zero-order valence-corrected chi connectivity index (χ0v) is 27.6. The quantitative estimate of drug-likeness (QED) is 0.0782. The Morgan fingerprint density at radius 3 is 1.78 bits per heavy atom. The fourth-order valence-electron chi connectivity index (χ4n) is 4.96. The average molecular weight is 642 g/mol. The van der Waals surface area contributed by atoms with Crippen LogP contribution in [0.3, 0.4) is 0 Å². The Bertz CT molecular complexity index is 1720. The smallest absolute Gasteiger partial charge is 0.203 e. The van der Waals surface area contributed by atoms with Crippen molar-refractivity contribution in [1.29, 1.82) is 0 Å². The highest BCUT2D eigenvalue weighted by atomic mass is 32.1. The summed E-state index contributed by atoms with van der Waals surface area (Å²) in [4.78, 5) is 4.78. The van der Waals surface area contributed by atoms with Crippen LogP contribution in [-0.4, -0.2) is 53.7 Å². The minimum absolute atomic E-state index is 0.559. The van der Waals surface area contributed by atoms with Crippen LogP contribution in [0.4, 0.5) is 0 Å². The van der Waals surface area contributed by atoms with Crippen molar-refractivity contribution >= 4 is 33.7 Å². The molecule has 0 saturated carbocycles. The highest BCUT2D eigenvalue weighted by Gasteiger charge is 2.13. The van der Waals surface area contributed by atoms with Crippen LogP contribution in [0.1, 0.15) is 30.4 Å². The molecular formula is C37H39NO7S. The van der Waals surface area contributed by atoms with E-state index in [1.165, 1.54) is 0 Å². The number of hydrogen-bond acceptors (Lipinski definition) is 9. The van der Waals surface area contributed by atoms with Gasteiger partial charge in [0.25, 0.3) is 0 Å². The van der Waals surface area contributed by atoms with Crippen molar-refractivity contribution in [3.8, 4) is 50.8 Å². The van der Waals surface area contributed by atoms with E-state index in [-0.39, 0.29) is 0 Å². The van der Waals surface area contributed by atoms with E-state index < -0.39 is 0 Å². The Morgan fingerprint density at radius 1 is 0.565 bits per heavy atom. The molecule has 0 amide bonds. The van der Waals surface area contributed by atoms with Crippen molar-refractivity contribution in [1.82, 2.24) is 4.98 Å². The maximum Gasteiger partial charge on any atom is 0.203 e. The molecule has 8 nitrogen and oxygen atoms in total. The lowest BCUT2D eigenvalue weighted by atomic mass is 10.1. The molecule has 9 heteroatoms. The van der Waals surface area contributed by atoms with Gasteiger partial charge in [0.2, 0.25) is 5.75 Å². The molecule has 0 spiro atoms. The summed E-state index contributed by atoms with van der Waals surface area (Å²) in [7, 11) is 8.10. The van der Waals surface area contributed by atoms with Gasteiger partial charge in [-0.05, 0) is 85.0 Å². The predicted molar refractivity (Wildman–Crippen MR) is 184 cm³/mol. The Labute approximate surface area is 274 Å². The van der Waals surface area contributed by atoms with E-state index in [1.54, 1.807) is 46.9 Å². The van der Waals surface area contributed by atoms with Crippen LogP contribution in [0.25, 0.3) is 32.9 Å². The topological polar surface area (TPSA) is 77.5 Å². The Morgan fingerprint density at radius 2 is 1.15 bits per heavy atom. The van der Waals surface area contributed by atoms with Crippen LogP contribution in [0.15, 0.2) is 72.8 Å². The van der Waals surface area contributed by atoms with Gasteiger partial charge in [-0.15, -0.1) is 11.3 Å². The van der Waals surface area contributed by atoms with Crippen LogP contribution in [0.2, 0.25) is 0 Å². The van der Waals surface area contributed by atoms with Gasteiger partial charge < -0.3 is 33.2 Å². The van der Waals surface area contributed by atoms with Gasteiger partial charge in [0, 0.05) is 5.56 Å². The largest absolute Gasteiger partial charge is 0.493 e. The van der Waals surface area contributed by atoms with Gasteiger partial charge in [-0.1, -0.05) is 30.4 Å². The summed E-state index contributed by atoms with van der Waals surface area (Å²) in [6.45, 7) is 1.14. The molecule has 0 saturated heterocycles. The molecule has 0 radical (unpaired) electrons. The molecule has 0 atom stereocenters. The van der Waals surface area contributed by atoms with Gasteiger partial charge in [0.15, 0.2) is 34.5 Å².